The first-order valence-corrected chi connectivity index (χ1v) is 6.81. The maximum atomic E-state index is 12.1. The largest absolute Gasteiger partial charge is 0.461 e. The second kappa shape index (κ2) is 5.85. The minimum atomic E-state index is -0.571. The monoisotopic (exact) mass is 241 g/mol. The van der Waals surface area contributed by atoms with Gasteiger partial charge in [0.1, 0.15) is 11.6 Å². The van der Waals surface area contributed by atoms with Gasteiger partial charge in [0.2, 0.25) is 0 Å². The number of ether oxygens (including phenoxy) is 1. The highest BCUT2D eigenvalue weighted by Gasteiger charge is 2.33. The van der Waals surface area contributed by atoms with Crippen molar-refractivity contribution in [2.24, 2.45) is 11.8 Å². The predicted octanol–water partition coefficient (Wildman–Crippen LogP) is 2.74. The van der Waals surface area contributed by atoms with Crippen molar-refractivity contribution in [3.05, 3.63) is 0 Å². The molecule has 0 bridgehead atoms. The first-order valence-electron chi connectivity index (χ1n) is 6.81. The van der Waals surface area contributed by atoms with E-state index in [9.17, 15) is 4.79 Å². The third kappa shape index (κ3) is 4.30. The summed E-state index contributed by atoms with van der Waals surface area (Å²) in [5, 5.41) is 3.16. The molecular weight excluding hydrogens is 214 g/mol. The van der Waals surface area contributed by atoms with Gasteiger partial charge in [-0.25, -0.2) is 0 Å². The lowest BCUT2D eigenvalue weighted by molar-refractivity contribution is -0.158. The third-order valence-electron chi connectivity index (χ3n) is 3.54. The molecule has 1 fully saturated rings. The van der Waals surface area contributed by atoms with E-state index in [0.717, 1.165) is 19.4 Å². The first kappa shape index (κ1) is 14.5. The van der Waals surface area contributed by atoms with Crippen LogP contribution >= 0.6 is 0 Å². The van der Waals surface area contributed by atoms with E-state index in [4.69, 9.17) is 4.74 Å². The Kier molecular flexibility index (Phi) is 4.99. The number of hydrogen-bond acceptors (Lipinski definition) is 3. The second-order valence-corrected chi connectivity index (χ2v) is 6.10. The number of rotatable bonds is 4. The van der Waals surface area contributed by atoms with Gasteiger partial charge in [0.25, 0.3) is 0 Å². The summed E-state index contributed by atoms with van der Waals surface area (Å²) in [6, 6.07) is 0. The Morgan fingerprint density at radius 2 is 1.76 bits per heavy atom. The van der Waals surface area contributed by atoms with Crippen LogP contribution in [0.15, 0.2) is 0 Å². The number of hydrogen-bond donors (Lipinski definition) is 1. The van der Waals surface area contributed by atoms with Crippen molar-refractivity contribution < 1.29 is 9.53 Å². The van der Waals surface area contributed by atoms with E-state index in [2.05, 4.69) is 19.2 Å². The van der Waals surface area contributed by atoms with Crippen LogP contribution in [0.3, 0.4) is 0 Å². The molecule has 1 aliphatic carbocycles. The van der Waals surface area contributed by atoms with Gasteiger partial charge in [-0.1, -0.05) is 20.8 Å². The zero-order valence-corrected chi connectivity index (χ0v) is 11.9. The molecule has 17 heavy (non-hydrogen) atoms. The number of carbonyl (C=O) groups is 1. The third-order valence-corrected chi connectivity index (χ3v) is 3.54. The molecule has 0 amide bonds. The fourth-order valence-electron chi connectivity index (χ4n) is 2.78. The second-order valence-electron chi connectivity index (χ2n) is 6.10. The van der Waals surface area contributed by atoms with Gasteiger partial charge < -0.3 is 10.1 Å². The van der Waals surface area contributed by atoms with Crippen LogP contribution in [-0.2, 0) is 9.53 Å². The lowest BCUT2D eigenvalue weighted by Crippen LogP contribution is -2.49. The van der Waals surface area contributed by atoms with Crippen molar-refractivity contribution in [3.63, 3.8) is 0 Å². The molecule has 2 unspecified atom stereocenters. The van der Waals surface area contributed by atoms with Crippen molar-refractivity contribution in [2.45, 2.75) is 65.5 Å². The van der Waals surface area contributed by atoms with Gasteiger partial charge in [-0.05, 0) is 51.5 Å². The van der Waals surface area contributed by atoms with Gasteiger partial charge in [-0.15, -0.1) is 0 Å². The van der Waals surface area contributed by atoms with Gasteiger partial charge in [-0.3, -0.25) is 4.79 Å². The molecule has 0 heterocycles. The maximum absolute atomic E-state index is 12.1. The zero-order chi connectivity index (χ0) is 13.1. The normalized spacial score (nSPS) is 30.1. The zero-order valence-electron chi connectivity index (χ0n) is 11.9. The van der Waals surface area contributed by atoms with E-state index in [1.54, 1.807) is 0 Å². The topological polar surface area (TPSA) is 38.3 Å². The molecule has 100 valence electrons. The highest BCUT2D eigenvalue weighted by molar-refractivity contribution is 5.79. The molecule has 0 aromatic carbocycles. The average Bonchev–Trinajstić information content (AvgIpc) is 2.15. The van der Waals surface area contributed by atoms with Crippen LogP contribution in [0.4, 0.5) is 0 Å². The number of carbonyl (C=O) groups excluding carboxylic acids is 1. The Balaban J connectivity index is 2.50. The smallest absolute Gasteiger partial charge is 0.326 e. The molecule has 1 aliphatic rings. The number of likely N-dealkylation sites (N-methyl/N-ethyl adjacent to an activating group) is 1. The molecule has 0 aromatic heterocycles. The standard InChI is InChI=1S/C14H27NO2/c1-6-15-14(4,5)13(16)17-12-8-10(2)7-11(3)9-12/h10-12,15H,6-9H2,1-5H3. The lowest BCUT2D eigenvalue weighted by Gasteiger charge is -2.33. The van der Waals surface area contributed by atoms with E-state index >= 15 is 0 Å². The summed E-state index contributed by atoms with van der Waals surface area (Å²) < 4.78 is 5.65. The van der Waals surface area contributed by atoms with Crippen LogP contribution in [0.25, 0.3) is 0 Å². The van der Waals surface area contributed by atoms with Gasteiger partial charge in [-0.2, -0.15) is 0 Å². The lowest BCUT2D eigenvalue weighted by atomic mass is 9.81. The van der Waals surface area contributed by atoms with Crippen LogP contribution in [0.2, 0.25) is 0 Å². The summed E-state index contributed by atoms with van der Waals surface area (Å²) in [7, 11) is 0. The van der Waals surface area contributed by atoms with Crippen LogP contribution in [-0.4, -0.2) is 24.2 Å². The van der Waals surface area contributed by atoms with Gasteiger partial charge in [0, 0.05) is 0 Å². The van der Waals surface area contributed by atoms with Gasteiger partial charge in [0.05, 0.1) is 0 Å². The SMILES string of the molecule is CCNC(C)(C)C(=O)OC1CC(C)CC(C)C1. The molecule has 2 atom stereocenters. The molecule has 3 nitrogen and oxygen atoms in total. The highest BCUT2D eigenvalue weighted by Crippen LogP contribution is 2.30. The quantitative estimate of drug-likeness (QED) is 0.769. The van der Waals surface area contributed by atoms with Crippen LogP contribution in [0.1, 0.15) is 53.9 Å². The minimum Gasteiger partial charge on any atom is -0.461 e. The Hall–Kier alpha value is -0.570. The Morgan fingerprint density at radius 1 is 1.24 bits per heavy atom. The molecule has 0 aliphatic heterocycles. The summed E-state index contributed by atoms with van der Waals surface area (Å²) in [5.74, 6) is 1.21. The van der Waals surface area contributed by atoms with E-state index in [0.29, 0.717) is 11.8 Å². The van der Waals surface area contributed by atoms with Gasteiger partial charge in [0.15, 0.2) is 0 Å². The number of esters is 1. The molecule has 0 spiro atoms. The van der Waals surface area contributed by atoms with E-state index < -0.39 is 5.54 Å². The molecule has 0 radical (unpaired) electrons. The molecule has 3 heteroatoms. The predicted molar refractivity (Wildman–Crippen MR) is 69.8 cm³/mol. The van der Waals surface area contributed by atoms with Crippen LogP contribution in [0.5, 0.6) is 0 Å². The summed E-state index contributed by atoms with van der Waals surface area (Å²) in [4.78, 5) is 12.1. The Morgan fingerprint density at radius 3 is 2.24 bits per heavy atom. The molecule has 1 N–H and O–H groups in total. The van der Waals surface area contributed by atoms with Crippen LogP contribution in [0, 0.1) is 11.8 Å². The maximum Gasteiger partial charge on any atom is 0.326 e. The molecule has 0 aromatic rings. The molecular formula is C14H27NO2. The van der Waals surface area contributed by atoms with Crippen molar-refractivity contribution in [1.82, 2.24) is 5.32 Å². The average molecular weight is 241 g/mol. The summed E-state index contributed by atoms with van der Waals surface area (Å²) in [6.07, 6.45) is 3.39. The fraction of sp³-hybridized carbons (Fsp3) is 0.929. The van der Waals surface area contributed by atoms with Crippen molar-refractivity contribution in [2.75, 3.05) is 6.54 Å². The van der Waals surface area contributed by atoms with E-state index in [1.807, 2.05) is 20.8 Å². The summed E-state index contributed by atoms with van der Waals surface area (Å²) in [6.45, 7) is 11.0. The molecule has 1 rings (SSSR count). The van der Waals surface area contributed by atoms with E-state index in [-0.39, 0.29) is 12.1 Å². The Labute approximate surface area is 105 Å². The minimum absolute atomic E-state index is 0.110. The molecule has 0 saturated heterocycles. The highest BCUT2D eigenvalue weighted by atomic mass is 16.5. The number of nitrogens with one attached hydrogen (secondary N) is 1. The first-order chi connectivity index (χ1) is 7.85. The van der Waals surface area contributed by atoms with Crippen molar-refractivity contribution >= 4 is 5.97 Å². The van der Waals surface area contributed by atoms with Crippen LogP contribution < -0.4 is 5.32 Å². The van der Waals surface area contributed by atoms with E-state index in [1.165, 1.54) is 6.42 Å². The van der Waals surface area contributed by atoms with Crippen molar-refractivity contribution in [3.8, 4) is 0 Å². The van der Waals surface area contributed by atoms with Crippen molar-refractivity contribution in [1.29, 1.82) is 0 Å². The van der Waals surface area contributed by atoms with Gasteiger partial charge >= 0.3 is 5.97 Å². The molecule has 1 saturated carbocycles. The Bertz CT molecular complexity index is 253. The summed E-state index contributed by atoms with van der Waals surface area (Å²) >= 11 is 0. The fourth-order valence-corrected chi connectivity index (χ4v) is 2.78. The summed E-state index contributed by atoms with van der Waals surface area (Å²) in [5.41, 5.74) is -0.571.